The minimum atomic E-state index is -0.0613. The van der Waals surface area contributed by atoms with E-state index in [1.807, 2.05) is 9.80 Å². The van der Waals surface area contributed by atoms with E-state index >= 15 is 0 Å². The van der Waals surface area contributed by atoms with Gasteiger partial charge in [0.25, 0.3) is 5.56 Å². The lowest BCUT2D eigenvalue weighted by Gasteiger charge is -2.36. The van der Waals surface area contributed by atoms with Gasteiger partial charge in [0.2, 0.25) is 11.8 Å². The third kappa shape index (κ3) is 4.99. The summed E-state index contributed by atoms with van der Waals surface area (Å²) in [7, 11) is 0. The summed E-state index contributed by atoms with van der Waals surface area (Å²) < 4.78 is 0. The number of nitrogens with one attached hydrogen (secondary N) is 1. The van der Waals surface area contributed by atoms with Crippen LogP contribution in [0.4, 0.5) is 0 Å². The summed E-state index contributed by atoms with van der Waals surface area (Å²) in [6.07, 6.45) is 8.54. The number of aromatic amines is 1. The van der Waals surface area contributed by atoms with Gasteiger partial charge in [-0.3, -0.25) is 19.3 Å². The number of amides is 2. The van der Waals surface area contributed by atoms with Crippen molar-refractivity contribution in [2.24, 2.45) is 0 Å². The number of rotatable bonds is 5. The minimum Gasteiger partial charge on any atom is -0.342 e. The second-order valence-corrected chi connectivity index (χ2v) is 10.6. The Morgan fingerprint density at radius 3 is 2.39 bits per heavy atom. The third-order valence-electron chi connectivity index (χ3n) is 7.24. The quantitative estimate of drug-likeness (QED) is 0.720. The SMILES string of the molecule is O=C(CCc1nc2sc3c(c2c(=O)[nH]1)CCCC3)N1CCN(CC(=O)N2CCCCC2)CC1. The largest absolute Gasteiger partial charge is 0.342 e. The number of hydrogen-bond acceptors (Lipinski definition) is 6. The maximum Gasteiger partial charge on any atom is 0.259 e. The van der Waals surface area contributed by atoms with Gasteiger partial charge in [-0.2, -0.15) is 0 Å². The Morgan fingerprint density at radius 1 is 0.879 bits per heavy atom. The molecule has 0 saturated carbocycles. The Bertz CT molecular complexity index is 1080. The molecule has 5 rings (SSSR count). The first-order valence-corrected chi connectivity index (χ1v) is 13.2. The molecule has 0 aromatic carbocycles. The number of carbonyl (C=O) groups excluding carboxylic acids is 2. The summed E-state index contributed by atoms with van der Waals surface area (Å²) in [6, 6.07) is 0. The molecule has 2 amide bonds. The molecule has 33 heavy (non-hydrogen) atoms. The number of H-pyrrole nitrogens is 1. The van der Waals surface area contributed by atoms with E-state index in [1.165, 1.54) is 23.3 Å². The molecule has 8 nitrogen and oxygen atoms in total. The molecule has 4 heterocycles. The van der Waals surface area contributed by atoms with E-state index in [4.69, 9.17) is 0 Å². The van der Waals surface area contributed by atoms with Crippen molar-refractivity contribution in [3.8, 4) is 0 Å². The summed E-state index contributed by atoms with van der Waals surface area (Å²) in [6.45, 7) is 4.97. The Hall–Kier alpha value is -2.26. The van der Waals surface area contributed by atoms with Crippen LogP contribution in [0.2, 0.25) is 0 Å². The maximum absolute atomic E-state index is 12.8. The van der Waals surface area contributed by atoms with Gasteiger partial charge in [0.1, 0.15) is 10.7 Å². The van der Waals surface area contributed by atoms with Crippen molar-refractivity contribution in [3.05, 3.63) is 26.6 Å². The molecule has 2 aromatic heterocycles. The Labute approximate surface area is 198 Å². The number of piperazine rings is 1. The monoisotopic (exact) mass is 471 g/mol. The summed E-state index contributed by atoms with van der Waals surface area (Å²) in [5.41, 5.74) is 1.13. The summed E-state index contributed by atoms with van der Waals surface area (Å²) in [5, 5.41) is 0.764. The molecule has 0 spiro atoms. The molecule has 0 bridgehead atoms. The van der Waals surface area contributed by atoms with Crippen molar-refractivity contribution in [3.63, 3.8) is 0 Å². The summed E-state index contributed by atoms with van der Waals surface area (Å²) >= 11 is 1.64. The summed E-state index contributed by atoms with van der Waals surface area (Å²) in [5.74, 6) is 0.908. The summed E-state index contributed by atoms with van der Waals surface area (Å²) in [4.78, 5) is 53.7. The molecule has 0 unspecified atom stereocenters. The van der Waals surface area contributed by atoms with Crippen molar-refractivity contribution in [2.45, 2.75) is 57.8 Å². The van der Waals surface area contributed by atoms with Crippen LogP contribution in [-0.2, 0) is 28.9 Å². The standard InChI is InChI=1S/C24H33N5O3S/c30-20(29-14-12-27(13-15-29)16-21(31)28-10-4-1-5-11-28)9-8-19-25-23(32)22-17-6-2-3-7-18(17)33-24(22)26-19/h1-16H2,(H,25,26,32). The topological polar surface area (TPSA) is 89.6 Å². The van der Waals surface area contributed by atoms with Gasteiger partial charge in [0.15, 0.2) is 0 Å². The molecule has 9 heteroatoms. The average molecular weight is 472 g/mol. The fourth-order valence-electron chi connectivity index (χ4n) is 5.30. The van der Waals surface area contributed by atoms with E-state index in [2.05, 4.69) is 14.9 Å². The number of thiophene rings is 1. The number of aryl methyl sites for hydroxylation is 3. The molecular formula is C24H33N5O3S. The van der Waals surface area contributed by atoms with E-state index in [0.29, 0.717) is 38.3 Å². The third-order valence-corrected chi connectivity index (χ3v) is 8.43. The van der Waals surface area contributed by atoms with Crippen molar-refractivity contribution in [1.82, 2.24) is 24.7 Å². The first kappa shape index (κ1) is 22.5. The smallest absolute Gasteiger partial charge is 0.259 e. The van der Waals surface area contributed by atoms with E-state index in [-0.39, 0.29) is 17.4 Å². The molecule has 2 fully saturated rings. The van der Waals surface area contributed by atoms with Crippen LogP contribution in [0.25, 0.3) is 10.2 Å². The lowest BCUT2D eigenvalue weighted by atomic mass is 9.97. The minimum absolute atomic E-state index is 0.0613. The van der Waals surface area contributed by atoms with E-state index in [0.717, 1.165) is 68.5 Å². The zero-order valence-corrected chi connectivity index (χ0v) is 20.1. The first-order chi connectivity index (χ1) is 16.1. The van der Waals surface area contributed by atoms with Gasteiger partial charge in [0, 0.05) is 57.0 Å². The lowest BCUT2D eigenvalue weighted by molar-refractivity contribution is -0.135. The molecule has 2 aromatic rings. The average Bonchev–Trinajstić information content (AvgIpc) is 3.22. The number of nitrogens with zero attached hydrogens (tertiary/aromatic N) is 4. The van der Waals surface area contributed by atoms with Gasteiger partial charge in [-0.15, -0.1) is 11.3 Å². The first-order valence-electron chi connectivity index (χ1n) is 12.4. The van der Waals surface area contributed by atoms with Gasteiger partial charge in [-0.25, -0.2) is 4.98 Å². The molecule has 1 aliphatic carbocycles. The molecule has 2 saturated heterocycles. The number of carbonyl (C=O) groups is 2. The van der Waals surface area contributed by atoms with Crippen LogP contribution < -0.4 is 5.56 Å². The fourth-order valence-corrected chi connectivity index (χ4v) is 6.58. The molecule has 1 N–H and O–H groups in total. The van der Waals surface area contributed by atoms with E-state index in [9.17, 15) is 14.4 Å². The van der Waals surface area contributed by atoms with Crippen molar-refractivity contribution in [1.29, 1.82) is 0 Å². The van der Waals surface area contributed by atoms with Gasteiger partial charge in [0.05, 0.1) is 11.9 Å². The van der Waals surface area contributed by atoms with Crippen molar-refractivity contribution >= 4 is 33.4 Å². The van der Waals surface area contributed by atoms with Crippen LogP contribution in [0.5, 0.6) is 0 Å². The predicted molar refractivity (Wildman–Crippen MR) is 129 cm³/mol. The normalized spacial score (nSPS) is 19.6. The van der Waals surface area contributed by atoms with Crippen LogP contribution in [-0.4, -0.2) is 82.3 Å². The number of hydrogen-bond donors (Lipinski definition) is 1. The number of fused-ring (bicyclic) bond motifs is 3. The molecule has 0 atom stereocenters. The van der Waals surface area contributed by atoms with Gasteiger partial charge in [-0.05, 0) is 50.5 Å². The van der Waals surface area contributed by atoms with Gasteiger partial charge < -0.3 is 14.8 Å². The Kier molecular flexibility index (Phi) is 6.78. The number of likely N-dealkylation sites (tertiary alicyclic amines) is 1. The highest BCUT2D eigenvalue weighted by Gasteiger charge is 2.25. The molecule has 3 aliphatic rings. The van der Waals surface area contributed by atoms with E-state index in [1.54, 1.807) is 11.3 Å². The lowest BCUT2D eigenvalue weighted by Crippen LogP contribution is -2.52. The van der Waals surface area contributed by atoms with Gasteiger partial charge in [-0.1, -0.05) is 0 Å². The van der Waals surface area contributed by atoms with Crippen molar-refractivity contribution < 1.29 is 9.59 Å². The van der Waals surface area contributed by atoms with Crippen molar-refractivity contribution in [2.75, 3.05) is 45.8 Å². The zero-order valence-electron chi connectivity index (χ0n) is 19.2. The van der Waals surface area contributed by atoms with Crippen LogP contribution in [0, 0.1) is 0 Å². The van der Waals surface area contributed by atoms with Crippen LogP contribution in [0.1, 0.15) is 54.8 Å². The highest BCUT2D eigenvalue weighted by Crippen LogP contribution is 2.33. The highest BCUT2D eigenvalue weighted by molar-refractivity contribution is 7.18. The molecule has 2 aliphatic heterocycles. The highest BCUT2D eigenvalue weighted by atomic mass is 32.1. The Morgan fingerprint density at radius 2 is 1.61 bits per heavy atom. The van der Waals surface area contributed by atoms with Crippen LogP contribution >= 0.6 is 11.3 Å². The van der Waals surface area contributed by atoms with E-state index < -0.39 is 0 Å². The Balaban J connectivity index is 1.12. The fraction of sp³-hybridized carbons (Fsp3) is 0.667. The molecule has 178 valence electrons. The second kappa shape index (κ2) is 9.93. The van der Waals surface area contributed by atoms with Crippen LogP contribution in [0.3, 0.4) is 0 Å². The van der Waals surface area contributed by atoms with Gasteiger partial charge >= 0.3 is 0 Å². The zero-order chi connectivity index (χ0) is 22.8. The molecule has 0 radical (unpaired) electrons. The predicted octanol–water partition coefficient (Wildman–Crippen LogP) is 1.95. The molecular weight excluding hydrogens is 438 g/mol. The number of aromatic nitrogens is 2. The number of piperidine rings is 1. The van der Waals surface area contributed by atoms with Crippen LogP contribution in [0.15, 0.2) is 4.79 Å². The second-order valence-electron chi connectivity index (χ2n) is 9.50. The maximum atomic E-state index is 12.8.